The van der Waals surface area contributed by atoms with Crippen molar-refractivity contribution >= 4 is 33.5 Å². The van der Waals surface area contributed by atoms with Gasteiger partial charge in [-0.05, 0) is 39.7 Å². The van der Waals surface area contributed by atoms with E-state index in [2.05, 4.69) is 15.9 Å². The largest absolute Gasteiger partial charge is 0.507 e. The molecule has 0 spiro atoms. The molecular formula is C13H7BrClFO3. The Bertz CT molecular complexity index is 673. The van der Waals surface area contributed by atoms with E-state index in [1.165, 1.54) is 24.3 Å². The molecule has 0 aliphatic rings. The van der Waals surface area contributed by atoms with E-state index >= 15 is 0 Å². The number of halogens is 3. The number of phenols is 1. The van der Waals surface area contributed by atoms with Crippen LogP contribution in [0.1, 0.15) is 10.4 Å². The molecule has 0 radical (unpaired) electrons. The molecule has 19 heavy (non-hydrogen) atoms. The molecule has 6 heteroatoms. The summed E-state index contributed by atoms with van der Waals surface area (Å²) >= 11 is 8.87. The number of hydrogen-bond acceptors (Lipinski definition) is 2. The van der Waals surface area contributed by atoms with Gasteiger partial charge in [0, 0.05) is 10.0 Å². The summed E-state index contributed by atoms with van der Waals surface area (Å²) in [4.78, 5) is 10.9. The van der Waals surface area contributed by atoms with Crippen molar-refractivity contribution in [1.29, 1.82) is 0 Å². The first-order valence-corrected chi connectivity index (χ1v) is 6.29. The fourth-order valence-electron chi connectivity index (χ4n) is 1.62. The van der Waals surface area contributed by atoms with Crippen molar-refractivity contribution in [3.8, 4) is 16.9 Å². The quantitative estimate of drug-likeness (QED) is 0.797. The first-order chi connectivity index (χ1) is 8.91. The summed E-state index contributed by atoms with van der Waals surface area (Å²) in [5.74, 6) is -2.32. The van der Waals surface area contributed by atoms with Gasteiger partial charge < -0.3 is 10.2 Å². The molecule has 0 saturated heterocycles. The third-order valence-electron chi connectivity index (χ3n) is 2.57. The zero-order valence-corrected chi connectivity index (χ0v) is 11.7. The number of aromatic hydroxyl groups is 1. The van der Waals surface area contributed by atoms with Gasteiger partial charge in [0.25, 0.3) is 0 Å². The molecule has 98 valence electrons. The van der Waals surface area contributed by atoms with Crippen molar-refractivity contribution in [3.63, 3.8) is 0 Å². The highest BCUT2D eigenvalue weighted by atomic mass is 79.9. The second-order valence-corrected chi connectivity index (χ2v) is 4.99. The van der Waals surface area contributed by atoms with Gasteiger partial charge >= 0.3 is 5.97 Å². The predicted molar refractivity (Wildman–Crippen MR) is 73.2 cm³/mol. The van der Waals surface area contributed by atoms with Gasteiger partial charge in [-0.3, -0.25) is 0 Å². The van der Waals surface area contributed by atoms with Crippen LogP contribution in [0.25, 0.3) is 11.1 Å². The van der Waals surface area contributed by atoms with Crippen molar-refractivity contribution in [3.05, 3.63) is 51.2 Å². The van der Waals surface area contributed by atoms with E-state index in [-0.39, 0.29) is 21.9 Å². The molecule has 0 fully saturated rings. The van der Waals surface area contributed by atoms with Gasteiger partial charge in [0.05, 0.1) is 5.02 Å². The maximum Gasteiger partial charge on any atom is 0.339 e. The number of benzene rings is 2. The first-order valence-electron chi connectivity index (χ1n) is 5.12. The SMILES string of the molecule is O=C(O)c1cc(-c2ccc(Br)c(Cl)c2F)ccc1O. The molecule has 0 saturated carbocycles. The summed E-state index contributed by atoms with van der Waals surface area (Å²) in [6.45, 7) is 0. The molecule has 2 rings (SSSR count). The minimum absolute atomic E-state index is 0.0811. The Morgan fingerprint density at radius 2 is 1.95 bits per heavy atom. The molecule has 0 atom stereocenters. The summed E-state index contributed by atoms with van der Waals surface area (Å²) in [7, 11) is 0. The third kappa shape index (κ3) is 2.57. The highest BCUT2D eigenvalue weighted by Gasteiger charge is 2.15. The van der Waals surface area contributed by atoms with Crippen molar-refractivity contribution in [2.24, 2.45) is 0 Å². The Morgan fingerprint density at radius 1 is 1.26 bits per heavy atom. The monoisotopic (exact) mass is 344 g/mol. The summed E-state index contributed by atoms with van der Waals surface area (Å²) in [6, 6.07) is 6.86. The smallest absolute Gasteiger partial charge is 0.339 e. The lowest BCUT2D eigenvalue weighted by molar-refractivity contribution is 0.0694. The predicted octanol–water partition coefficient (Wildman–Crippen LogP) is 4.31. The molecule has 2 aromatic carbocycles. The van der Waals surface area contributed by atoms with Crippen LogP contribution < -0.4 is 0 Å². The van der Waals surface area contributed by atoms with Gasteiger partial charge in [0.2, 0.25) is 0 Å². The van der Waals surface area contributed by atoms with E-state index in [1.54, 1.807) is 6.07 Å². The van der Waals surface area contributed by atoms with E-state index < -0.39 is 11.8 Å². The average molecular weight is 346 g/mol. The van der Waals surface area contributed by atoms with Crippen molar-refractivity contribution in [2.75, 3.05) is 0 Å². The minimum Gasteiger partial charge on any atom is -0.507 e. The zero-order valence-electron chi connectivity index (χ0n) is 9.32. The van der Waals surface area contributed by atoms with Crippen molar-refractivity contribution in [1.82, 2.24) is 0 Å². The van der Waals surface area contributed by atoms with Crippen molar-refractivity contribution in [2.45, 2.75) is 0 Å². The van der Waals surface area contributed by atoms with Crippen LogP contribution in [-0.2, 0) is 0 Å². The Kier molecular flexibility index (Phi) is 3.78. The molecule has 0 aliphatic carbocycles. The summed E-state index contributed by atoms with van der Waals surface area (Å²) in [6.07, 6.45) is 0. The molecule has 0 aromatic heterocycles. The molecule has 3 nitrogen and oxygen atoms in total. The van der Waals surface area contributed by atoms with Gasteiger partial charge in [-0.15, -0.1) is 0 Å². The van der Waals surface area contributed by atoms with Crippen LogP contribution >= 0.6 is 27.5 Å². The Balaban J connectivity index is 2.63. The van der Waals surface area contributed by atoms with Crippen LogP contribution in [0, 0.1) is 5.82 Å². The Labute approximate surface area is 121 Å². The summed E-state index contributed by atoms with van der Waals surface area (Å²) in [5, 5.41) is 18.2. The first kappa shape index (κ1) is 13.8. The number of carboxylic acids is 1. The highest BCUT2D eigenvalue weighted by molar-refractivity contribution is 9.10. The Hall–Kier alpha value is -1.59. The van der Waals surface area contributed by atoms with Crippen LogP contribution in [0.3, 0.4) is 0 Å². The fraction of sp³-hybridized carbons (Fsp3) is 0. The maximum atomic E-state index is 14.0. The van der Waals surface area contributed by atoms with Crippen LogP contribution in [0.15, 0.2) is 34.8 Å². The minimum atomic E-state index is -1.29. The normalized spacial score (nSPS) is 10.5. The zero-order chi connectivity index (χ0) is 14.2. The molecule has 2 N–H and O–H groups in total. The van der Waals surface area contributed by atoms with Crippen molar-refractivity contribution < 1.29 is 19.4 Å². The second kappa shape index (κ2) is 5.19. The molecule has 0 aliphatic heterocycles. The molecule has 0 bridgehead atoms. The number of hydrogen-bond donors (Lipinski definition) is 2. The van der Waals surface area contributed by atoms with Gasteiger partial charge in [0.1, 0.15) is 11.3 Å². The maximum absolute atomic E-state index is 14.0. The highest BCUT2D eigenvalue weighted by Crippen LogP contribution is 2.34. The molecule has 0 amide bonds. The van der Waals surface area contributed by atoms with E-state index in [1.807, 2.05) is 0 Å². The van der Waals surface area contributed by atoms with E-state index in [9.17, 15) is 14.3 Å². The average Bonchev–Trinajstić information content (AvgIpc) is 2.37. The third-order valence-corrected chi connectivity index (χ3v) is 3.83. The van der Waals surface area contributed by atoms with Crippen LogP contribution in [0.4, 0.5) is 4.39 Å². The number of aromatic carboxylic acids is 1. The van der Waals surface area contributed by atoms with Gasteiger partial charge in [-0.2, -0.15) is 0 Å². The lowest BCUT2D eigenvalue weighted by Crippen LogP contribution is -1.97. The van der Waals surface area contributed by atoms with Crippen LogP contribution in [0.2, 0.25) is 5.02 Å². The van der Waals surface area contributed by atoms with Gasteiger partial charge in [-0.25, -0.2) is 9.18 Å². The van der Waals surface area contributed by atoms with Gasteiger partial charge in [-0.1, -0.05) is 23.7 Å². The summed E-state index contributed by atoms with van der Waals surface area (Å²) in [5.41, 5.74) is 0.189. The standard InChI is InChI=1S/C13H7BrClFO3/c14-9-3-2-7(12(16)11(9)15)6-1-4-10(17)8(5-6)13(18)19/h1-5,17H,(H,18,19). The molecule has 2 aromatic rings. The number of carboxylic acid groups (broad SMARTS) is 1. The van der Waals surface area contributed by atoms with Gasteiger partial charge in [0.15, 0.2) is 5.82 Å². The lowest BCUT2D eigenvalue weighted by atomic mass is 10.0. The molecular weight excluding hydrogens is 338 g/mol. The van der Waals surface area contributed by atoms with Crippen LogP contribution in [0.5, 0.6) is 5.75 Å². The molecule has 0 heterocycles. The Morgan fingerprint density at radius 3 is 2.58 bits per heavy atom. The van der Waals surface area contributed by atoms with Crippen LogP contribution in [-0.4, -0.2) is 16.2 Å². The topological polar surface area (TPSA) is 57.5 Å². The number of carbonyl (C=O) groups is 1. The fourth-order valence-corrected chi connectivity index (χ4v) is 2.09. The van der Waals surface area contributed by atoms with E-state index in [0.717, 1.165) is 0 Å². The summed E-state index contributed by atoms with van der Waals surface area (Å²) < 4.78 is 14.4. The molecule has 0 unspecified atom stereocenters. The van der Waals surface area contributed by atoms with E-state index in [4.69, 9.17) is 16.7 Å². The number of rotatable bonds is 2. The lowest BCUT2D eigenvalue weighted by Gasteiger charge is -2.08. The van der Waals surface area contributed by atoms with E-state index in [0.29, 0.717) is 10.0 Å². The second-order valence-electron chi connectivity index (χ2n) is 3.76.